The molecule has 0 aliphatic heterocycles. The van der Waals surface area contributed by atoms with E-state index in [2.05, 4.69) is 5.32 Å². The molecule has 1 unspecified atom stereocenters. The van der Waals surface area contributed by atoms with Crippen LogP contribution in [0.4, 0.5) is 0 Å². The van der Waals surface area contributed by atoms with Crippen molar-refractivity contribution in [2.75, 3.05) is 20.1 Å². The minimum absolute atomic E-state index is 0.000531. The van der Waals surface area contributed by atoms with Crippen LogP contribution in [0.1, 0.15) is 33.1 Å². The highest BCUT2D eigenvalue weighted by Gasteiger charge is 2.15. The number of hydrogen-bond acceptors (Lipinski definition) is 3. The Kier molecular flexibility index (Phi) is 7.54. The van der Waals surface area contributed by atoms with E-state index in [1.165, 1.54) is 0 Å². The Labute approximate surface area is 96.8 Å². The Balaban J connectivity index is 4.01. The van der Waals surface area contributed by atoms with E-state index in [-0.39, 0.29) is 18.5 Å². The predicted octanol–water partition coefficient (Wildman–Crippen LogP) is 0.698. The summed E-state index contributed by atoms with van der Waals surface area (Å²) in [7, 11) is 1.60. The molecule has 1 amide bonds. The van der Waals surface area contributed by atoms with E-state index >= 15 is 0 Å². The first-order valence-electron chi connectivity index (χ1n) is 5.67. The number of aliphatic carboxylic acids is 1. The van der Waals surface area contributed by atoms with Crippen LogP contribution in [0, 0.1) is 0 Å². The number of carboxylic acid groups (broad SMARTS) is 1. The summed E-state index contributed by atoms with van der Waals surface area (Å²) in [6.07, 6.45) is 2.05. The number of carboxylic acids is 1. The van der Waals surface area contributed by atoms with Crippen molar-refractivity contribution in [3.8, 4) is 0 Å². The van der Waals surface area contributed by atoms with Gasteiger partial charge in [0.1, 0.15) is 0 Å². The van der Waals surface area contributed by atoms with Crippen LogP contribution in [0.3, 0.4) is 0 Å². The molecular formula is C11H22N2O3. The van der Waals surface area contributed by atoms with Crippen molar-refractivity contribution in [2.24, 2.45) is 0 Å². The van der Waals surface area contributed by atoms with Crippen LogP contribution in [0.2, 0.25) is 0 Å². The van der Waals surface area contributed by atoms with Crippen molar-refractivity contribution >= 4 is 11.9 Å². The highest BCUT2D eigenvalue weighted by Crippen LogP contribution is 2.05. The molecule has 0 aromatic heterocycles. The van der Waals surface area contributed by atoms with Crippen LogP contribution in [0.15, 0.2) is 0 Å². The summed E-state index contributed by atoms with van der Waals surface area (Å²) in [5.74, 6) is -0.820. The highest BCUT2D eigenvalue weighted by atomic mass is 16.4. The van der Waals surface area contributed by atoms with Crippen molar-refractivity contribution in [3.63, 3.8) is 0 Å². The molecule has 0 aliphatic carbocycles. The Morgan fingerprint density at radius 3 is 2.50 bits per heavy atom. The zero-order valence-corrected chi connectivity index (χ0v) is 10.3. The summed E-state index contributed by atoms with van der Waals surface area (Å²) in [5.41, 5.74) is 0. The zero-order valence-electron chi connectivity index (χ0n) is 10.3. The molecule has 0 aromatic carbocycles. The molecule has 0 aliphatic rings. The maximum absolute atomic E-state index is 11.0. The molecule has 0 saturated carbocycles. The third-order valence-corrected chi connectivity index (χ3v) is 2.68. The van der Waals surface area contributed by atoms with Crippen molar-refractivity contribution in [1.82, 2.24) is 10.2 Å². The number of carbonyl (C=O) groups is 2. The fraction of sp³-hybridized carbons (Fsp3) is 0.818. The molecule has 0 saturated heterocycles. The largest absolute Gasteiger partial charge is 0.480 e. The Hall–Kier alpha value is -1.10. The van der Waals surface area contributed by atoms with Gasteiger partial charge in [-0.2, -0.15) is 0 Å². The van der Waals surface area contributed by atoms with Gasteiger partial charge in [-0.1, -0.05) is 6.92 Å². The van der Waals surface area contributed by atoms with E-state index < -0.39 is 5.97 Å². The summed E-state index contributed by atoms with van der Waals surface area (Å²) in [4.78, 5) is 23.6. The van der Waals surface area contributed by atoms with E-state index in [0.29, 0.717) is 19.4 Å². The van der Waals surface area contributed by atoms with Gasteiger partial charge in [0.15, 0.2) is 0 Å². The van der Waals surface area contributed by atoms with Gasteiger partial charge in [-0.25, -0.2) is 0 Å². The van der Waals surface area contributed by atoms with Gasteiger partial charge in [-0.15, -0.1) is 0 Å². The molecule has 0 aromatic rings. The molecule has 0 fully saturated rings. The van der Waals surface area contributed by atoms with Gasteiger partial charge in [0.25, 0.3) is 0 Å². The average Bonchev–Trinajstić information content (AvgIpc) is 2.25. The Morgan fingerprint density at radius 2 is 2.06 bits per heavy atom. The number of nitrogens with zero attached hydrogens (tertiary/aromatic N) is 1. The molecule has 1 atom stereocenters. The van der Waals surface area contributed by atoms with Crippen molar-refractivity contribution in [3.05, 3.63) is 0 Å². The third kappa shape index (κ3) is 6.40. The van der Waals surface area contributed by atoms with Gasteiger partial charge in [0.05, 0.1) is 6.54 Å². The maximum Gasteiger partial charge on any atom is 0.317 e. The molecule has 0 heterocycles. The Morgan fingerprint density at radius 1 is 1.44 bits per heavy atom. The minimum atomic E-state index is -0.819. The van der Waals surface area contributed by atoms with Gasteiger partial charge in [0, 0.05) is 19.5 Å². The van der Waals surface area contributed by atoms with Crippen LogP contribution in [-0.4, -0.2) is 48.1 Å². The molecule has 2 N–H and O–H groups in total. The van der Waals surface area contributed by atoms with E-state index in [1.807, 2.05) is 18.7 Å². The zero-order chi connectivity index (χ0) is 12.6. The first-order chi connectivity index (χ1) is 7.51. The third-order valence-electron chi connectivity index (χ3n) is 2.68. The monoisotopic (exact) mass is 230 g/mol. The molecule has 5 heteroatoms. The van der Waals surface area contributed by atoms with E-state index in [1.54, 1.807) is 7.05 Å². The fourth-order valence-corrected chi connectivity index (χ4v) is 1.45. The normalized spacial score (nSPS) is 12.5. The first-order valence-corrected chi connectivity index (χ1v) is 5.67. The quantitative estimate of drug-likeness (QED) is 0.644. The molecular weight excluding hydrogens is 208 g/mol. The number of rotatable bonds is 8. The molecule has 5 nitrogen and oxygen atoms in total. The lowest BCUT2D eigenvalue weighted by atomic mass is 10.2. The summed E-state index contributed by atoms with van der Waals surface area (Å²) in [6.45, 7) is 4.72. The molecule has 16 heavy (non-hydrogen) atoms. The second-order valence-corrected chi connectivity index (χ2v) is 3.90. The Bertz CT molecular complexity index is 231. The fourth-order valence-electron chi connectivity index (χ4n) is 1.45. The second kappa shape index (κ2) is 8.10. The van der Waals surface area contributed by atoms with Crippen LogP contribution in [0.25, 0.3) is 0 Å². The first kappa shape index (κ1) is 14.9. The van der Waals surface area contributed by atoms with Crippen LogP contribution in [0.5, 0.6) is 0 Å². The van der Waals surface area contributed by atoms with Gasteiger partial charge in [-0.05, 0) is 26.3 Å². The molecule has 0 spiro atoms. The average molecular weight is 230 g/mol. The molecule has 0 radical (unpaired) electrons. The van der Waals surface area contributed by atoms with Crippen molar-refractivity contribution in [1.29, 1.82) is 0 Å². The van der Waals surface area contributed by atoms with Gasteiger partial charge in [-0.3, -0.25) is 14.5 Å². The van der Waals surface area contributed by atoms with Crippen LogP contribution in [-0.2, 0) is 9.59 Å². The molecule has 0 bridgehead atoms. The number of hydrogen-bond donors (Lipinski definition) is 2. The SMILES string of the molecule is CCC(C)N(CCCC(=O)NC)CC(=O)O. The highest BCUT2D eigenvalue weighted by molar-refractivity contribution is 5.75. The standard InChI is InChI=1S/C11H22N2O3/c1-4-9(2)13(8-11(15)16)7-5-6-10(14)12-3/h9H,4-8H2,1-3H3,(H,12,14)(H,15,16). The molecule has 0 rings (SSSR count). The van der Waals surface area contributed by atoms with Crippen LogP contribution >= 0.6 is 0 Å². The minimum Gasteiger partial charge on any atom is -0.480 e. The van der Waals surface area contributed by atoms with Crippen molar-refractivity contribution < 1.29 is 14.7 Å². The summed E-state index contributed by atoms with van der Waals surface area (Å²) in [6, 6.07) is 0.237. The van der Waals surface area contributed by atoms with Gasteiger partial charge < -0.3 is 10.4 Å². The van der Waals surface area contributed by atoms with Gasteiger partial charge >= 0.3 is 5.97 Å². The number of amides is 1. The van der Waals surface area contributed by atoms with Crippen LogP contribution < -0.4 is 5.32 Å². The lowest BCUT2D eigenvalue weighted by Crippen LogP contribution is -2.38. The second-order valence-electron chi connectivity index (χ2n) is 3.90. The number of nitrogens with one attached hydrogen (secondary N) is 1. The summed E-state index contributed by atoms with van der Waals surface area (Å²) in [5, 5.41) is 11.3. The van der Waals surface area contributed by atoms with E-state index in [9.17, 15) is 9.59 Å². The predicted molar refractivity (Wildman–Crippen MR) is 62.3 cm³/mol. The van der Waals surface area contributed by atoms with Crippen molar-refractivity contribution in [2.45, 2.75) is 39.2 Å². The topological polar surface area (TPSA) is 69.6 Å². The lowest BCUT2D eigenvalue weighted by molar-refractivity contribution is -0.138. The lowest BCUT2D eigenvalue weighted by Gasteiger charge is -2.26. The number of carbonyl (C=O) groups excluding carboxylic acids is 1. The summed E-state index contributed by atoms with van der Waals surface area (Å²) < 4.78 is 0. The van der Waals surface area contributed by atoms with E-state index in [0.717, 1.165) is 6.42 Å². The van der Waals surface area contributed by atoms with E-state index in [4.69, 9.17) is 5.11 Å². The van der Waals surface area contributed by atoms with Gasteiger partial charge in [0.2, 0.25) is 5.91 Å². The smallest absolute Gasteiger partial charge is 0.317 e. The molecule has 94 valence electrons. The maximum atomic E-state index is 11.0. The summed E-state index contributed by atoms with van der Waals surface area (Å²) >= 11 is 0.